The van der Waals surface area contributed by atoms with Crippen LogP contribution in [0.3, 0.4) is 0 Å². The topological polar surface area (TPSA) is 77.9 Å². The molecule has 0 spiro atoms. The largest absolute Gasteiger partial charge is 0.301 e. The summed E-state index contributed by atoms with van der Waals surface area (Å²) >= 11 is 1.39. The van der Waals surface area contributed by atoms with Gasteiger partial charge in [0.15, 0.2) is 0 Å². The summed E-state index contributed by atoms with van der Waals surface area (Å²) in [6.07, 6.45) is 0.715. The van der Waals surface area contributed by atoms with E-state index in [1.54, 1.807) is 0 Å². The average Bonchev–Trinajstić information content (AvgIpc) is 2.79. The van der Waals surface area contributed by atoms with Crippen molar-refractivity contribution in [3.8, 4) is 0 Å². The normalized spacial score (nSPS) is 13.9. The van der Waals surface area contributed by atoms with Crippen molar-refractivity contribution in [2.75, 3.05) is 30.5 Å². The van der Waals surface area contributed by atoms with Gasteiger partial charge >= 0.3 is 0 Å². The van der Waals surface area contributed by atoms with E-state index in [0.717, 1.165) is 30.2 Å². The molecule has 0 bridgehead atoms. The quantitative estimate of drug-likeness (QED) is 0.426. The van der Waals surface area contributed by atoms with Crippen LogP contribution in [0.15, 0.2) is 78.9 Å². The van der Waals surface area contributed by atoms with Crippen LogP contribution in [0.1, 0.15) is 30.5 Å². The van der Waals surface area contributed by atoms with E-state index in [1.807, 2.05) is 23.1 Å². The Morgan fingerprint density at radius 2 is 1.37 bits per heavy atom. The summed E-state index contributed by atoms with van der Waals surface area (Å²) < 4.78 is 25.9. The average molecular weight is 513 g/mol. The number of nitrogens with zero attached hydrogens (tertiary/aromatic N) is 2. The van der Waals surface area contributed by atoms with Gasteiger partial charge in [-0.15, -0.1) is 0 Å². The number of rotatable bonds is 5. The number of amides is 1. The molecule has 0 atom stereocenters. The predicted molar refractivity (Wildman–Crippen MR) is 145 cm³/mol. The van der Waals surface area contributed by atoms with Crippen LogP contribution in [-0.2, 0) is 22.1 Å². The smallest absolute Gasteiger partial charge is 0.290 e. The second-order valence-corrected chi connectivity index (χ2v) is 11.6. The van der Waals surface area contributed by atoms with Crippen LogP contribution in [0, 0.1) is 0 Å². The van der Waals surface area contributed by atoms with Crippen LogP contribution in [0.4, 0.5) is 16.2 Å². The van der Waals surface area contributed by atoms with Crippen LogP contribution in [-0.4, -0.2) is 48.7 Å². The van der Waals surface area contributed by atoms with Gasteiger partial charge in [0.25, 0.3) is 15.4 Å². The third-order valence-electron chi connectivity index (χ3n) is 5.81. The third kappa shape index (κ3) is 7.18. The zero-order chi connectivity index (χ0) is 25.6. The van der Waals surface area contributed by atoms with Crippen molar-refractivity contribution < 1.29 is 17.8 Å². The first-order chi connectivity index (χ1) is 16.5. The molecule has 0 radical (unpaired) electrons. The van der Waals surface area contributed by atoms with E-state index in [1.165, 1.54) is 28.5 Å². The fourth-order valence-corrected chi connectivity index (χ4v) is 5.10. The highest BCUT2D eigenvalue weighted by Crippen LogP contribution is 2.49. The first kappa shape index (κ1) is 26.9. The zero-order valence-corrected chi connectivity index (χ0v) is 22.1. The van der Waals surface area contributed by atoms with Crippen molar-refractivity contribution in [1.29, 1.82) is 0 Å². The molecule has 0 saturated carbocycles. The Morgan fingerprint density at radius 3 is 1.89 bits per heavy atom. The monoisotopic (exact) mass is 512 g/mol. The molecule has 0 saturated heterocycles. The number of hydrogen-bond donors (Lipinski definition) is 1. The summed E-state index contributed by atoms with van der Waals surface area (Å²) in [4.78, 5) is 17.5. The van der Waals surface area contributed by atoms with Crippen molar-refractivity contribution >= 4 is 38.5 Å². The highest BCUT2D eigenvalue weighted by molar-refractivity contribution is 8.13. The van der Waals surface area contributed by atoms with Crippen molar-refractivity contribution in [2.45, 2.75) is 25.8 Å². The molecule has 3 aromatic rings. The summed E-state index contributed by atoms with van der Waals surface area (Å²) in [6, 6.07) is 27.0. The van der Waals surface area contributed by atoms with E-state index in [9.17, 15) is 13.2 Å². The van der Waals surface area contributed by atoms with Gasteiger partial charge in [-0.25, -0.2) is 0 Å². The number of hydrogen-bond acceptors (Lipinski definition) is 5. The van der Waals surface area contributed by atoms with Gasteiger partial charge in [-0.3, -0.25) is 14.2 Å². The van der Waals surface area contributed by atoms with Gasteiger partial charge in [-0.05, 0) is 35.9 Å². The van der Waals surface area contributed by atoms with Gasteiger partial charge in [0.05, 0.1) is 17.6 Å². The van der Waals surface area contributed by atoms with E-state index < -0.39 is 10.1 Å². The van der Waals surface area contributed by atoms with Gasteiger partial charge in [-0.2, -0.15) is 8.42 Å². The molecule has 0 fully saturated rings. The number of anilines is 2. The molecule has 8 heteroatoms. The standard InChI is InChI=1S/C26H28N2OS.CH4O3S/c1-26(2)21-13-7-9-15-23(21)28(24-16-10-8-14-22(24)26)25(29)30-18-17-27(3)19-20-11-5-4-6-12-20;1-5(2,3)4/h4-16H,17-19H2,1-3H3;1H3,(H,2,3,4). The first-order valence-electron chi connectivity index (χ1n) is 11.3. The zero-order valence-electron chi connectivity index (χ0n) is 20.5. The second-order valence-electron chi connectivity index (χ2n) is 9.07. The van der Waals surface area contributed by atoms with Gasteiger partial charge in [-0.1, -0.05) is 92.3 Å². The molecule has 35 heavy (non-hydrogen) atoms. The number of fused-ring (bicyclic) bond motifs is 2. The first-order valence-corrected chi connectivity index (χ1v) is 14.1. The highest BCUT2D eigenvalue weighted by atomic mass is 32.2. The second kappa shape index (κ2) is 11.4. The Morgan fingerprint density at radius 1 is 0.914 bits per heavy atom. The lowest BCUT2D eigenvalue weighted by atomic mass is 9.74. The molecule has 6 nitrogen and oxygen atoms in total. The summed E-state index contributed by atoms with van der Waals surface area (Å²) in [6.45, 7) is 6.21. The van der Waals surface area contributed by atoms with Crippen LogP contribution >= 0.6 is 11.8 Å². The van der Waals surface area contributed by atoms with Crippen molar-refractivity contribution in [2.24, 2.45) is 0 Å². The van der Waals surface area contributed by atoms with Gasteiger partial charge in [0, 0.05) is 24.3 Å². The predicted octanol–water partition coefficient (Wildman–Crippen LogP) is 5.95. The summed E-state index contributed by atoms with van der Waals surface area (Å²) in [5, 5.41) is 0.0820. The highest BCUT2D eigenvalue weighted by Gasteiger charge is 2.38. The Balaban J connectivity index is 0.000000623. The van der Waals surface area contributed by atoms with Crippen molar-refractivity contribution in [3.63, 3.8) is 0 Å². The SMILES string of the molecule is CN(CCSC(=O)N1c2ccccc2C(C)(C)c2ccccc21)Cc1ccccc1.CS(=O)(=O)O. The lowest BCUT2D eigenvalue weighted by Gasteiger charge is -2.40. The summed E-state index contributed by atoms with van der Waals surface area (Å²) in [5.74, 6) is 0.756. The third-order valence-corrected chi connectivity index (χ3v) is 6.63. The fraction of sp³-hybridized carbons (Fsp3) is 0.296. The Hall–Kier alpha value is -2.65. The molecule has 0 aromatic heterocycles. The van der Waals surface area contributed by atoms with E-state index >= 15 is 0 Å². The molecule has 1 aliphatic heterocycles. The number of benzene rings is 3. The molecule has 4 rings (SSSR count). The van der Waals surface area contributed by atoms with Gasteiger partial charge in [0.2, 0.25) is 0 Å². The van der Waals surface area contributed by atoms with Crippen molar-refractivity contribution in [3.05, 3.63) is 95.6 Å². The number of carbonyl (C=O) groups is 1. The number of para-hydroxylation sites is 2. The molecule has 1 heterocycles. The molecule has 1 amide bonds. The van der Waals surface area contributed by atoms with Crippen molar-refractivity contribution in [1.82, 2.24) is 4.90 Å². The molecule has 0 aliphatic carbocycles. The minimum atomic E-state index is -3.67. The molecular formula is C27H32N2O4S2. The molecule has 1 N–H and O–H groups in total. The number of thioether (sulfide) groups is 1. The molecule has 3 aromatic carbocycles. The maximum Gasteiger partial charge on any atom is 0.290 e. The van der Waals surface area contributed by atoms with Crippen LogP contribution in [0.5, 0.6) is 0 Å². The lowest BCUT2D eigenvalue weighted by Crippen LogP contribution is -2.35. The van der Waals surface area contributed by atoms with Gasteiger partial charge < -0.3 is 4.90 Å². The lowest BCUT2D eigenvalue weighted by molar-refractivity contribution is 0.266. The summed E-state index contributed by atoms with van der Waals surface area (Å²) in [7, 11) is -1.56. The van der Waals surface area contributed by atoms with E-state index in [0.29, 0.717) is 6.26 Å². The Kier molecular flexibility index (Phi) is 8.77. The minimum Gasteiger partial charge on any atom is -0.301 e. The molecule has 0 unspecified atom stereocenters. The Labute approximate surface area is 212 Å². The minimum absolute atomic E-state index is 0.0820. The molecule has 186 valence electrons. The number of carbonyl (C=O) groups excluding carboxylic acids is 1. The fourth-order valence-electron chi connectivity index (χ4n) is 4.19. The van der Waals surface area contributed by atoms with Gasteiger partial charge in [0.1, 0.15) is 0 Å². The van der Waals surface area contributed by atoms with E-state index in [2.05, 4.69) is 86.5 Å². The maximum absolute atomic E-state index is 13.3. The van der Waals surface area contributed by atoms with E-state index in [4.69, 9.17) is 4.55 Å². The molecule has 1 aliphatic rings. The van der Waals surface area contributed by atoms with Crippen LogP contribution in [0.25, 0.3) is 0 Å². The molecular weight excluding hydrogens is 480 g/mol. The Bertz CT molecular complexity index is 1200. The summed E-state index contributed by atoms with van der Waals surface area (Å²) in [5.41, 5.74) is 5.53. The maximum atomic E-state index is 13.3. The van der Waals surface area contributed by atoms with Crippen LogP contribution in [0.2, 0.25) is 0 Å². The van der Waals surface area contributed by atoms with E-state index in [-0.39, 0.29) is 10.7 Å². The van der Waals surface area contributed by atoms with Crippen LogP contribution < -0.4 is 4.90 Å².